The van der Waals surface area contributed by atoms with E-state index in [1.165, 1.54) is 42.6 Å². The lowest BCUT2D eigenvalue weighted by molar-refractivity contribution is -0.659. The molecule has 0 unspecified atom stereocenters. The van der Waals surface area contributed by atoms with Crippen molar-refractivity contribution in [2.75, 3.05) is 0 Å². The summed E-state index contributed by atoms with van der Waals surface area (Å²) in [6.45, 7) is 9.15. The lowest BCUT2D eigenvalue weighted by Crippen LogP contribution is -2.30. The Hall–Kier alpha value is -2.19. The number of fused-ring (bicyclic) bond motifs is 2. The smallest absolute Gasteiger partial charge is 0.200 e. The maximum Gasteiger partial charge on any atom is 0.230 e. The Morgan fingerprint density at radius 2 is 1.73 bits per heavy atom. The fourth-order valence-corrected chi connectivity index (χ4v) is 5.14. The van der Waals surface area contributed by atoms with Gasteiger partial charge in [0.1, 0.15) is 11.9 Å². The fraction of sp³-hybridized carbons (Fsp3) is 0.292. The number of hydrogen-bond acceptors (Lipinski definition) is 1. The molecular formula is C24H26NS+. The molecule has 0 radical (unpaired) electrons. The van der Waals surface area contributed by atoms with Crippen molar-refractivity contribution < 1.29 is 4.57 Å². The van der Waals surface area contributed by atoms with E-state index in [0.29, 0.717) is 5.41 Å². The van der Waals surface area contributed by atoms with Crippen LogP contribution in [-0.2, 0) is 13.5 Å². The topological polar surface area (TPSA) is 3.88 Å². The van der Waals surface area contributed by atoms with Gasteiger partial charge in [0.15, 0.2) is 6.20 Å². The molecule has 0 aliphatic carbocycles. The van der Waals surface area contributed by atoms with Crippen molar-refractivity contribution in [1.29, 1.82) is 0 Å². The van der Waals surface area contributed by atoms with E-state index in [0.717, 1.165) is 6.42 Å². The van der Waals surface area contributed by atoms with E-state index < -0.39 is 0 Å². The number of aryl methyl sites for hydroxylation is 2. The third kappa shape index (κ3) is 3.03. The first-order chi connectivity index (χ1) is 12.3. The van der Waals surface area contributed by atoms with E-state index in [-0.39, 0.29) is 0 Å². The highest BCUT2D eigenvalue weighted by Gasteiger charge is 2.21. The van der Waals surface area contributed by atoms with E-state index in [1.54, 1.807) is 0 Å². The van der Waals surface area contributed by atoms with E-state index in [2.05, 4.69) is 94.0 Å². The second-order valence-electron chi connectivity index (χ2n) is 8.49. The van der Waals surface area contributed by atoms with Crippen LogP contribution in [0.25, 0.3) is 31.4 Å². The van der Waals surface area contributed by atoms with Gasteiger partial charge in [-0.2, -0.15) is 4.57 Å². The van der Waals surface area contributed by atoms with Crippen LogP contribution in [0.4, 0.5) is 0 Å². The largest absolute Gasteiger partial charge is 0.230 e. The summed E-state index contributed by atoms with van der Waals surface area (Å²) in [5.74, 6) is 0. The van der Waals surface area contributed by atoms with Crippen LogP contribution in [0.15, 0.2) is 54.7 Å². The van der Waals surface area contributed by atoms with Gasteiger partial charge in [-0.15, -0.1) is 11.3 Å². The van der Waals surface area contributed by atoms with E-state index in [4.69, 9.17) is 0 Å². The average Bonchev–Trinajstić information content (AvgIpc) is 2.90. The first-order valence-electron chi connectivity index (χ1n) is 9.23. The third-order valence-corrected chi connectivity index (χ3v) is 6.27. The monoisotopic (exact) mass is 360 g/mol. The number of hydrogen-bond donors (Lipinski definition) is 0. The minimum absolute atomic E-state index is 0.304. The van der Waals surface area contributed by atoms with Crippen LogP contribution in [0.3, 0.4) is 0 Å². The van der Waals surface area contributed by atoms with Crippen LogP contribution in [-0.4, -0.2) is 0 Å². The summed E-state index contributed by atoms with van der Waals surface area (Å²) < 4.78 is 3.63. The molecule has 0 fully saturated rings. The van der Waals surface area contributed by atoms with Crippen molar-refractivity contribution >= 4 is 32.2 Å². The van der Waals surface area contributed by atoms with Crippen LogP contribution >= 0.6 is 11.3 Å². The predicted molar refractivity (Wildman–Crippen MR) is 114 cm³/mol. The summed E-state index contributed by atoms with van der Waals surface area (Å²) >= 11 is 1.90. The first-order valence-corrected chi connectivity index (χ1v) is 10.0. The summed E-state index contributed by atoms with van der Waals surface area (Å²) in [7, 11) is 2.15. The lowest BCUT2D eigenvalue weighted by Gasteiger charge is -2.18. The van der Waals surface area contributed by atoms with E-state index in [9.17, 15) is 0 Å². The quantitative estimate of drug-likeness (QED) is 0.362. The summed E-state index contributed by atoms with van der Waals surface area (Å²) in [6.07, 6.45) is 3.30. The Morgan fingerprint density at radius 3 is 2.46 bits per heavy atom. The number of thiophene rings is 1. The Labute approximate surface area is 159 Å². The number of pyridine rings is 1. The molecule has 0 saturated heterocycles. The molecule has 132 valence electrons. The van der Waals surface area contributed by atoms with Gasteiger partial charge in [0, 0.05) is 10.8 Å². The molecule has 0 aliphatic heterocycles. The molecule has 0 spiro atoms. The van der Waals surface area contributed by atoms with Crippen molar-refractivity contribution in [1.82, 2.24) is 0 Å². The third-order valence-electron chi connectivity index (χ3n) is 4.99. The Bertz CT molecular complexity index is 1110. The standard InChI is InChI=1S/C24H26NS/c1-16-19-8-6-7-9-21(19)26-23(16)22-20-11-10-17(15-24(2,3)4)14-18(20)12-13-25(22)5/h6-14H,15H2,1-5H3/q+1. The van der Waals surface area contributed by atoms with Gasteiger partial charge in [-0.1, -0.05) is 51.1 Å². The number of rotatable bonds is 2. The molecule has 2 heterocycles. The molecule has 0 bridgehead atoms. The molecule has 0 aliphatic rings. The van der Waals surface area contributed by atoms with Crippen molar-refractivity contribution in [3.05, 3.63) is 65.9 Å². The van der Waals surface area contributed by atoms with Gasteiger partial charge < -0.3 is 0 Å². The van der Waals surface area contributed by atoms with Gasteiger partial charge in [0.25, 0.3) is 0 Å². The van der Waals surface area contributed by atoms with Crippen LogP contribution in [0, 0.1) is 12.3 Å². The van der Waals surface area contributed by atoms with Crippen molar-refractivity contribution in [3.63, 3.8) is 0 Å². The molecule has 0 amide bonds. The van der Waals surface area contributed by atoms with Crippen molar-refractivity contribution in [2.24, 2.45) is 12.5 Å². The molecule has 4 aromatic rings. The molecule has 0 atom stereocenters. The minimum atomic E-state index is 0.304. The summed E-state index contributed by atoms with van der Waals surface area (Å²) in [4.78, 5) is 1.38. The summed E-state index contributed by atoms with van der Waals surface area (Å²) in [6, 6.07) is 18.0. The Kier molecular flexibility index (Phi) is 4.11. The second kappa shape index (κ2) is 6.21. The maximum atomic E-state index is 2.37. The maximum absolute atomic E-state index is 2.37. The van der Waals surface area contributed by atoms with Gasteiger partial charge in [0.2, 0.25) is 5.69 Å². The SMILES string of the molecule is Cc1c(-c2c3ccc(CC(C)(C)C)cc3cc[n+]2C)sc2ccccc12. The van der Waals surface area contributed by atoms with Crippen molar-refractivity contribution in [2.45, 2.75) is 34.1 Å². The Balaban J connectivity index is 1.94. The Morgan fingerprint density at radius 1 is 0.962 bits per heavy atom. The van der Waals surface area contributed by atoms with E-state index in [1.807, 2.05) is 11.3 Å². The van der Waals surface area contributed by atoms with Gasteiger partial charge in [-0.3, -0.25) is 0 Å². The van der Waals surface area contributed by atoms with Gasteiger partial charge in [-0.05, 0) is 52.8 Å². The number of nitrogens with zero attached hydrogens (tertiary/aromatic N) is 1. The van der Waals surface area contributed by atoms with Crippen molar-refractivity contribution in [3.8, 4) is 10.6 Å². The fourth-order valence-electron chi connectivity index (χ4n) is 3.83. The first kappa shape index (κ1) is 17.2. The molecule has 4 rings (SSSR count). The molecule has 0 N–H and O–H groups in total. The van der Waals surface area contributed by atoms with Gasteiger partial charge >= 0.3 is 0 Å². The predicted octanol–water partition coefficient (Wildman–Crippen LogP) is 6.44. The van der Waals surface area contributed by atoms with E-state index >= 15 is 0 Å². The molecule has 26 heavy (non-hydrogen) atoms. The summed E-state index contributed by atoms with van der Waals surface area (Å²) in [5, 5.41) is 4.04. The number of aromatic nitrogens is 1. The zero-order valence-corrected chi connectivity index (χ0v) is 17.1. The highest BCUT2D eigenvalue weighted by Crippen LogP contribution is 2.39. The molecule has 2 heteroatoms. The molecule has 1 nitrogen and oxygen atoms in total. The van der Waals surface area contributed by atoms with Crippen LogP contribution in [0.1, 0.15) is 31.9 Å². The molecular weight excluding hydrogens is 334 g/mol. The van der Waals surface area contributed by atoms with Crippen LogP contribution in [0.5, 0.6) is 0 Å². The van der Waals surface area contributed by atoms with Crippen LogP contribution in [0.2, 0.25) is 0 Å². The average molecular weight is 361 g/mol. The molecule has 0 saturated carbocycles. The van der Waals surface area contributed by atoms with Crippen LogP contribution < -0.4 is 4.57 Å². The van der Waals surface area contributed by atoms with Gasteiger partial charge in [-0.25, -0.2) is 0 Å². The second-order valence-corrected chi connectivity index (χ2v) is 9.54. The normalized spacial score (nSPS) is 12.2. The summed E-state index contributed by atoms with van der Waals surface area (Å²) in [5.41, 5.74) is 4.42. The lowest BCUT2D eigenvalue weighted by atomic mass is 9.87. The highest BCUT2D eigenvalue weighted by molar-refractivity contribution is 7.22. The van der Waals surface area contributed by atoms with Gasteiger partial charge in [0.05, 0.1) is 5.39 Å². The molecule has 2 aromatic heterocycles. The zero-order chi connectivity index (χ0) is 18.5. The molecule has 2 aromatic carbocycles. The number of benzene rings is 2. The highest BCUT2D eigenvalue weighted by atomic mass is 32.1. The minimum Gasteiger partial charge on any atom is -0.200 e. The zero-order valence-electron chi connectivity index (χ0n) is 16.3.